The highest BCUT2D eigenvalue weighted by atomic mass is 32.1. The van der Waals surface area contributed by atoms with Crippen molar-refractivity contribution in [2.75, 3.05) is 0 Å². The maximum absolute atomic E-state index is 12.3. The molecule has 0 N–H and O–H groups in total. The summed E-state index contributed by atoms with van der Waals surface area (Å²) < 4.78 is 4.64. The molecule has 3 aromatic rings. The van der Waals surface area contributed by atoms with Gasteiger partial charge in [0.2, 0.25) is 0 Å². The van der Waals surface area contributed by atoms with Gasteiger partial charge < -0.3 is 4.57 Å². The first-order valence-corrected chi connectivity index (χ1v) is 7.95. The Kier molecular flexibility index (Phi) is 3.70. The van der Waals surface area contributed by atoms with E-state index in [4.69, 9.17) is 0 Å². The molecule has 2 heterocycles. The van der Waals surface area contributed by atoms with Gasteiger partial charge in [-0.2, -0.15) is 10.1 Å². The van der Waals surface area contributed by atoms with Gasteiger partial charge in [0.1, 0.15) is 5.69 Å². The van der Waals surface area contributed by atoms with Gasteiger partial charge in [0.15, 0.2) is 4.80 Å². The normalized spacial score (nSPS) is 12.5. The maximum atomic E-state index is 12.3. The number of hydrogen-bond donors (Lipinski definition) is 0. The van der Waals surface area contributed by atoms with Crippen molar-refractivity contribution in [3.05, 3.63) is 46.5 Å². The first-order valence-electron chi connectivity index (χ1n) is 7.14. The average molecular weight is 314 g/mol. The van der Waals surface area contributed by atoms with Gasteiger partial charge in [-0.3, -0.25) is 9.48 Å². The third-order valence-electron chi connectivity index (χ3n) is 3.74. The number of aryl methyl sites for hydroxylation is 2. The van der Waals surface area contributed by atoms with Crippen LogP contribution in [0.3, 0.4) is 0 Å². The highest BCUT2D eigenvalue weighted by molar-refractivity contribution is 7.16. The number of nitrogens with zero attached hydrogens (tertiary/aromatic N) is 4. The van der Waals surface area contributed by atoms with Crippen LogP contribution in [0, 0.1) is 0 Å². The van der Waals surface area contributed by atoms with Crippen LogP contribution in [0.25, 0.3) is 10.2 Å². The highest BCUT2D eigenvalue weighted by Crippen LogP contribution is 2.23. The minimum absolute atomic E-state index is 0.272. The van der Waals surface area contributed by atoms with E-state index >= 15 is 0 Å². The van der Waals surface area contributed by atoms with E-state index in [1.807, 2.05) is 11.6 Å². The molecule has 0 saturated carbocycles. The molecule has 0 radical (unpaired) electrons. The molecule has 114 valence electrons. The second-order valence-electron chi connectivity index (χ2n) is 5.58. The highest BCUT2D eigenvalue weighted by Gasteiger charge is 2.11. The zero-order valence-electron chi connectivity index (χ0n) is 13.1. The lowest BCUT2D eigenvalue weighted by atomic mass is 10.0. The van der Waals surface area contributed by atoms with Gasteiger partial charge in [0.25, 0.3) is 5.91 Å². The fraction of sp³-hybridized carbons (Fsp3) is 0.312. The largest absolute Gasteiger partial charge is 0.319 e. The smallest absolute Gasteiger partial charge is 0.297 e. The van der Waals surface area contributed by atoms with Crippen LogP contribution in [-0.4, -0.2) is 20.3 Å². The minimum atomic E-state index is -0.272. The van der Waals surface area contributed by atoms with Gasteiger partial charge in [-0.25, -0.2) is 0 Å². The Morgan fingerprint density at radius 1 is 1.27 bits per heavy atom. The molecule has 0 spiro atoms. The van der Waals surface area contributed by atoms with Gasteiger partial charge in [-0.05, 0) is 29.7 Å². The Labute approximate surface area is 132 Å². The topological polar surface area (TPSA) is 52.2 Å². The van der Waals surface area contributed by atoms with E-state index in [9.17, 15) is 4.79 Å². The van der Waals surface area contributed by atoms with Crippen molar-refractivity contribution < 1.29 is 4.79 Å². The number of carbonyl (C=O) groups excluding carboxylic acids is 1. The summed E-state index contributed by atoms with van der Waals surface area (Å²) in [6.45, 7) is 4.35. The predicted molar refractivity (Wildman–Crippen MR) is 88.0 cm³/mol. The average Bonchev–Trinajstić information content (AvgIpc) is 3.03. The van der Waals surface area contributed by atoms with Gasteiger partial charge in [0.05, 0.1) is 10.2 Å². The van der Waals surface area contributed by atoms with Crippen LogP contribution in [0.2, 0.25) is 0 Å². The number of carbonyl (C=O) groups is 1. The molecule has 1 aromatic carbocycles. The predicted octanol–water partition coefficient (Wildman–Crippen LogP) is 2.84. The molecule has 22 heavy (non-hydrogen) atoms. The SMILES string of the molecule is CC(C)c1ccc2c(c1)sc(=NC(=O)c1ccnn1C)n2C. The van der Waals surface area contributed by atoms with Gasteiger partial charge in [-0.1, -0.05) is 31.3 Å². The fourth-order valence-corrected chi connectivity index (χ4v) is 3.41. The Bertz CT molecular complexity index is 914. The van der Waals surface area contributed by atoms with E-state index in [1.165, 1.54) is 21.6 Å². The minimum Gasteiger partial charge on any atom is -0.319 e. The van der Waals surface area contributed by atoms with E-state index in [2.05, 4.69) is 42.1 Å². The van der Waals surface area contributed by atoms with Crippen LogP contribution >= 0.6 is 11.3 Å². The zero-order chi connectivity index (χ0) is 15.9. The summed E-state index contributed by atoms with van der Waals surface area (Å²) in [7, 11) is 3.67. The molecule has 2 aromatic heterocycles. The Hall–Kier alpha value is -2.21. The van der Waals surface area contributed by atoms with Crippen LogP contribution < -0.4 is 4.80 Å². The number of benzene rings is 1. The number of hydrogen-bond acceptors (Lipinski definition) is 3. The Balaban J connectivity index is 2.11. The molecule has 0 bridgehead atoms. The first-order chi connectivity index (χ1) is 10.5. The van der Waals surface area contributed by atoms with Crippen molar-refractivity contribution in [3.63, 3.8) is 0 Å². The second-order valence-corrected chi connectivity index (χ2v) is 6.59. The summed E-state index contributed by atoms with van der Waals surface area (Å²) in [5.74, 6) is 0.208. The number of amides is 1. The van der Waals surface area contributed by atoms with Gasteiger partial charge >= 0.3 is 0 Å². The molecule has 0 aliphatic rings. The molecule has 3 rings (SSSR count). The number of thiazole rings is 1. The van der Waals surface area contributed by atoms with Gasteiger partial charge in [-0.15, -0.1) is 0 Å². The Morgan fingerprint density at radius 2 is 2.05 bits per heavy atom. The molecule has 1 amide bonds. The monoisotopic (exact) mass is 314 g/mol. The van der Waals surface area contributed by atoms with Crippen LogP contribution in [0.4, 0.5) is 0 Å². The van der Waals surface area contributed by atoms with Crippen molar-refractivity contribution in [3.8, 4) is 0 Å². The molecular weight excluding hydrogens is 296 g/mol. The Morgan fingerprint density at radius 3 is 2.68 bits per heavy atom. The molecule has 5 nitrogen and oxygen atoms in total. The molecule has 0 fully saturated rings. The molecule has 0 unspecified atom stereocenters. The van der Waals surface area contributed by atoms with E-state index in [-0.39, 0.29) is 5.91 Å². The van der Waals surface area contributed by atoms with E-state index in [0.29, 0.717) is 16.4 Å². The summed E-state index contributed by atoms with van der Waals surface area (Å²) >= 11 is 1.53. The van der Waals surface area contributed by atoms with Crippen LogP contribution in [-0.2, 0) is 14.1 Å². The standard InChI is InChI=1S/C16H18N4OS/c1-10(2)11-5-6-12-14(9-11)22-16(19(12)3)18-15(21)13-7-8-17-20(13)4/h5-10H,1-4H3. The lowest BCUT2D eigenvalue weighted by molar-refractivity contribution is 0.0989. The van der Waals surface area contributed by atoms with Crippen molar-refractivity contribution in [2.45, 2.75) is 19.8 Å². The van der Waals surface area contributed by atoms with E-state index in [1.54, 1.807) is 19.3 Å². The third-order valence-corrected chi connectivity index (χ3v) is 4.83. The van der Waals surface area contributed by atoms with Crippen molar-refractivity contribution in [1.82, 2.24) is 14.3 Å². The van der Waals surface area contributed by atoms with Gasteiger partial charge in [0, 0.05) is 20.3 Å². The van der Waals surface area contributed by atoms with Crippen LogP contribution in [0.5, 0.6) is 0 Å². The number of fused-ring (bicyclic) bond motifs is 1. The number of rotatable bonds is 2. The third kappa shape index (κ3) is 2.50. The van der Waals surface area contributed by atoms with Crippen LogP contribution in [0.1, 0.15) is 35.8 Å². The summed E-state index contributed by atoms with van der Waals surface area (Å²) in [6, 6.07) is 8.08. The molecule has 0 aliphatic heterocycles. The van der Waals surface area contributed by atoms with E-state index in [0.717, 1.165) is 10.2 Å². The molecule has 0 aliphatic carbocycles. The van der Waals surface area contributed by atoms with Crippen molar-refractivity contribution in [1.29, 1.82) is 0 Å². The zero-order valence-corrected chi connectivity index (χ0v) is 13.9. The summed E-state index contributed by atoms with van der Waals surface area (Å²) in [5.41, 5.74) is 2.87. The van der Waals surface area contributed by atoms with Crippen molar-refractivity contribution >= 4 is 27.5 Å². The summed E-state index contributed by atoms with van der Waals surface area (Å²) in [5, 5.41) is 4.01. The summed E-state index contributed by atoms with van der Waals surface area (Å²) in [6.07, 6.45) is 1.60. The van der Waals surface area contributed by atoms with Crippen LogP contribution in [0.15, 0.2) is 35.5 Å². The maximum Gasteiger partial charge on any atom is 0.297 e. The number of aromatic nitrogens is 3. The van der Waals surface area contributed by atoms with Crippen molar-refractivity contribution in [2.24, 2.45) is 19.1 Å². The molecule has 6 heteroatoms. The molecule has 0 atom stereocenters. The summed E-state index contributed by atoms with van der Waals surface area (Å²) in [4.78, 5) is 17.2. The fourth-order valence-electron chi connectivity index (χ4n) is 2.34. The second kappa shape index (κ2) is 5.53. The van der Waals surface area contributed by atoms with E-state index < -0.39 is 0 Å². The molecular formula is C16H18N4OS. The molecule has 0 saturated heterocycles. The lowest BCUT2D eigenvalue weighted by Gasteiger charge is -2.04. The lowest BCUT2D eigenvalue weighted by Crippen LogP contribution is -2.14. The quantitative estimate of drug-likeness (QED) is 0.730. The first kappa shape index (κ1) is 14.7.